The zero-order chi connectivity index (χ0) is 13.4. The third kappa shape index (κ3) is 4.57. The highest BCUT2D eigenvalue weighted by Crippen LogP contribution is 2.19. The largest absolute Gasteiger partial charge is 0.497 e. The fourth-order valence-electron chi connectivity index (χ4n) is 1.99. The van der Waals surface area contributed by atoms with Gasteiger partial charge in [0.1, 0.15) is 5.75 Å². The molecule has 0 aliphatic carbocycles. The maximum absolute atomic E-state index is 5.24. The van der Waals surface area contributed by atoms with Crippen molar-refractivity contribution in [1.82, 2.24) is 5.32 Å². The lowest BCUT2D eigenvalue weighted by molar-refractivity contribution is 0.415. The number of methoxy groups -OCH3 is 1. The molecular weight excluding hydrogens is 224 g/mol. The smallest absolute Gasteiger partial charge is 0.120 e. The van der Waals surface area contributed by atoms with E-state index in [1.54, 1.807) is 7.11 Å². The van der Waals surface area contributed by atoms with Crippen molar-refractivity contribution >= 4 is 5.69 Å². The number of nitrogens with one attached hydrogen (secondary N) is 1. The molecule has 3 nitrogen and oxygen atoms in total. The Morgan fingerprint density at radius 1 is 1.28 bits per heavy atom. The van der Waals surface area contributed by atoms with Crippen molar-refractivity contribution in [3.63, 3.8) is 0 Å². The first-order valence-electron chi connectivity index (χ1n) is 6.79. The third-order valence-corrected chi connectivity index (χ3v) is 3.36. The van der Waals surface area contributed by atoms with Gasteiger partial charge in [0, 0.05) is 37.9 Å². The maximum Gasteiger partial charge on any atom is 0.120 e. The van der Waals surface area contributed by atoms with Crippen LogP contribution in [0.5, 0.6) is 5.75 Å². The van der Waals surface area contributed by atoms with Gasteiger partial charge in [-0.05, 0) is 25.0 Å². The Labute approximate surface area is 111 Å². The average molecular weight is 250 g/mol. The van der Waals surface area contributed by atoms with Gasteiger partial charge in [-0.2, -0.15) is 0 Å². The lowest BCUT2D eigenvalue weighted by Gasteiger charge is -2.22. The van der Waals surface area contributed by atoms with E-state index in [1.807, 2.05) is 12.1 Å². The van der Waals surface area contributed by atoms with Crippen LogP contribution in [-0.2, 0) is 0 Å². The monoisotopic (exact) mass is 250 g/mol. The Hall–Kier alpha value is -1.22. The molecule has 18 heavy (non-hydrogen) atoms. The molecule has 0 heterocycles. The van der Waals surface area contributed by atoms with Crippen molar-refractivity contribution in [3.05, 3.63) is 24.3 Å². The summed E-state index contributed by atoms with van der Waals surface area (Å²) in [6.07, 6.45) is 2.39. The molecule has 0 aromatic heterocycles. The molecule has 0 amide bonds. The van der Waals surface area contributed by atoms with Crippen molar-refractivity contribution in [1.29, 1.82) is 0 Å². The van der Waals surface area contributed by atoms with E-state index >= 15 is 0 Å². The predicted molar refractivity (Wildman–Crippen MR) is 78.6 cm³/mol. The van der Waals surface area contributed by atoms with E-state index in [4.69, 9.17) is 4.74 Å². The molecule has 0 fully saturated rings. The quantitative estimate of drug-likeness (QED) is 0.768. The molecule has 1 N–H and O–H groups in total. The minimum Gasteiger partial charge on any atom is -0.497 e. The molecule has 1 aromatic carbocycles. The van der Waals surface area contributed by atoms with Gasteiger partial charge in [-0.25, -0.2) is 0 Å². The number of hydrogen-bond acceptors (Lipinski definition) is 3. The van der Waals surface area contributed by atoms with Gasteiger partial charge in [0.05, 0.1) is 7.11 Å². The van der Waals surface area contributed by atoms with Crippen LogP contribution in [0.4, 0.5) is 5.69 Å². The summed E-state index contributed by atoms with van der Waals surface area (Å²) in [7, 11) is 3.82. The molecule has 0 aliphatic heterocycles. The van der Waals surface area contributed by atoms with Crippen LogP contribution in [0.25, 0.3) is 0 Å². The van der Waals surface area contributed by atoms with Crippen molar-refractivity contribution in [2.75, 3.05) is 32.1 Å². The van der Waals surface area contributed by atoms with Gasteiger partial charge in [0.15, 0.2) is 0 Å². The Morgan fingerprint density at radius 3 is 2.61 bits per heavy atom. The highest BCUT2D eigenvalue weighted by Gasteiger charge is 2.04. The second-order valence-corrected chi connectivity index (χ2v) is 4.59. The summed E-state index contributed by atoms with van der Waals surface area (Å²) < 4.78 is 5.24. The fraction of sp³-hybridized carbons (Fsp3) is 0.600. The first kappa shape index (κ1) is 14.8. The number of rotatable bonds is 8. The number of likely N-dealkylation sites (N-methyl/N-ethyl adjacent to an activating group) is 1. The van der Waals surface area contributed by atoms with Crippen LogP contribution in [0.3, 0.4) is 0 Å². The number of anilines is 1. The van der Waals surface area contributed by atoms with Gasteiger partial charge in [0.2, 0.25) is 0 Å². The summed E-state index contributed by atoms with van der Waals surface area (Å²) in [5.74, 6) is 0.910. The number of nitrogens with zero attached hydrogens (tertiary/aromatic N) is 1. The van der Waals surface area contributed by atoms with Crippen molar-refractivity contribution in [3.8, 4) is 5.75 Å². The predicted octanol–water partition coefficient (Wildman–Crippen LogP) is 2.91. The molecule has 1 rings (SSSR count). The topological polar surface area (TPSA) is 24.5 Å². The molecule has 3 heteroatoms. The Kier molecular flexibility index (Phi) is 6.58. The third-order valence-electron chi connectivity index (χ3n) is 3.36. The van der Waals surface area contributed by atoms with Crippen molar-refractivity contribution in [2.24, 2.45) is 0 Å². The van der Waals surface area contributed by atoms with Crippen LogP contribution in [0, 0.1) is 0 Å². The van der Waals surface area contributed by atoms with Gasteiger partial charge in [-0.3, -0.25) is 0 Å². The minimum atomic E-state index is 0.642. The number of hydrogen-bond donors (Lipinski definition) is 1. The van der Waals surface area contributed by atoms with Crippen molar-refractivity contribution in [2.45, 2.75) is 32.7 Å². The Balaban J connectivity index is 2.42. The summed E-state index contributed by atoms with van der Waals surface area (Å²) >= 11 is 0. The molecule has 0 radical (unpaired) electrons. The van der Waals surface area contributed by atoms with Crippen LogP contribution in [0.1, 0.15) is 26.7 Å². The van der Waals surface area contributed by atoms with E-state index in [0.717, 1.165) is 18.8 Å². The van der Waals surface area contributed by atoms with E-state index in [0.29, 0.717) is 6.04 Å². The van der Waals surface area contributed by atoms with Crippen LogP contribution < -0.4 is 15.0 Å². The van der Waals surface area contributed by atoms with Crippen LogP contribution in [0.15, 0.2) is 24.3 Å². The highest BCUT2D eigenvalue weighted by molar-refractivity contribution is 5.50. The van der Waals surface area contributed by atoms with Gasteiger partial charge < -0.3 is 15.0 Å². The Bertz CT molecular complexity index is 337. The molecular formula is C15H26N2O. The molecule has 0 saturated heterocycles. The maximum atomic E-state index is 5.24. The van der Waals surface area contributed by atoms with Crippen LogP contribution >= 0.6 is 0 Å². The van der Waals surface area contributed by atoms with Crippen molar-refractivity contribution < 1.29 is 4.74 Å². The molecule has 0 saturated carbocycles. The number of ether oxygens (including phenoxy) is 1. The highest BCUT2D eigenvalue weighted by atomic mass is 16.5. The van der Waals surface area contributed by atoms with E-state index in [9.17, 15) is 0 Å². The zero-order valence-electron chi connectivity index (χ0n) is 12.1. The van der Waals surface area contributed by atoms with Gasteiger partial charge in [-0.1, -0.05) is 19.9 Å². The van der Waals surface area contributed by atoms with Crippen LogP contribution in [0.2, 0.25) is 0 Å². The second kappa shape index (κ2) is 7.98. The van der Waals surface area contributed by atoms with E-state index in [1.165, 1.54) is 18.5 Å². The molecule has 0 atom stereocenters. The van der Waals surface area contributed by atoms with E-state index < -0.39 is 0 Å². The van der Waals surface area contributed by atoms with Gasteiger partial charge in [0.25, 0.3) is 0 Å². The lowest BCUT2D eigenvalue weighted by atomic mass is 10.2. The van der Waals surface area contributed by atoms with Gasteiger partial charge >= 0.3 is 0 Å². The first-order valence-corrected chi connectivity index (χ1v) is 6.79. The summed E-state index contributed by atoms with van der Waals surface area (Å²) in [5.41, 5.74) is 1.20. The molecule has 0 aliphatic rings. The number of benzene rings is 1. The Morgan fingerprint density at radius 2 is 2.00 bits per heavy atom. The van der Waals surface area contributed by atoms with E-state index in [2.05, 4.69) is 43.2 Å². The molecule has 102 valence electrons. The minimum absolute atomic E-state index is 0.642. The second-order valence-electron chi connectivity index (χ2n) is 4.59. The van der Waals surface area contributed by atoms with Gasteiger partial charge in [-0.15, -0.1) is 0 Å². The van der Waals surface area contributed by atoms with E-state index in [-0.39, 0.29) is 0 Å². The summed E-state index contributed by atoms with van der Waals surface area (Å²) in [4.78, 5) is 2.25. The molecule has 0 bridgehead atoms. The lowest BCUT2D eigenvalue weighted by Crippen LogP contribution is -2.35. The molecule has 1 aromatic rings. The standard InChI is InChI=1S/C15H26N2O/c1-5-13(6-2)16-10-11-17(3)14-8-7-9-15(12-14)18-4/h7-9,12-13,16H,5-6,10-11H2,1-4H3. The molecule has 0 unspecified atom stereocenters. The molecule has 0 spiro atoms. The fourth-order valence-corrected chi connectivity index (χ4v) is 1.99. The normalized spacial score (nSPS) is 10.7. The SMILES string of the molecule is CCC(CC)NCCN(C)c1cccc(OC)c1. The average Bonchev–Trinajstić information content (AvgIpc) is 2.43. The summed E-state index contributed by atoms with van der Waals surface area (Å²) in [5, 5.41) is 3.58. The van der Waals surface area contributed by atoms with Crippen LogP contribution in [-0.4, -0.2) is 33.3 Å². The zero-order valence-corrected chi connectivity index (χ0v) is 12.1. The summed E-state index contributed by atoms with van der Waals surface area (Å²) in [6.45, 7) is 6.48. The summed E-state index contributed by atoms with van der Waals surface area (Å²) in [6, 6.07) is 8.82. The first-order chi connectivity index (χ1) is 8.71.